The van der Waals surface area contributed by atoms with Crippen molar-refractivity contribution in [3.05, 3.63) is 53.1 Å². The zero-order valence-electron chi connectivity index (χ0n) is 19.9. The highest BCUT2D eigenvalue weighted by Gasteiger charge is 2.67. The third-order valence-corrected chi connectivity index (χ3v) is 10.8. The lowest BCUT2D eigenvalue weighted by Gasteiger charge is -2.59. The first-order valence-corrected chi connectivity index (χ1v) is 13.7. The van der Waals surface area contributed by atoms with Gasteiger partial charge in [0, 0.05) is 35.7 Å². The van der Waals surface area contributed by atoms with Crippen LogP contribution in [0.3, 0.4) is 0 Å². The van der Waals surface area contributed by atoms with Gasteiger partial charge in [0.05, 0.1) is 18.9 Å². The molecular weight excluding hydrogens is 452 g/mol. The fraction of sp³-hybridized carbons (Fsp3) is 0.538. The van der Waals surface area contributed by atoms with E-state index < -0.39 is 10.0 Å². The molecule has 1 saturated carbocycles. The highest BCUT2D eigenvalue weighted by atomic mass is 32.2. The van der Waals surface area contributed by atoms with Crippen molar-refractivity contribution in [2.75, 3.05) is 27.7 Å². The molecule has 0 amide bonds. The van der Waals surface area contributed by atoms with Crippen LogP contribution in [-0.4, -0.2) is 68.7 Å². The zero-order chi connectivity index (χ0) is 23.8. The fourth-order valence-electron chi connectivity index (χ4n) is 7.38. The average Bonchev–Trinajstić information content (AvgIpc) is 3.16. The van der Waals surface area contributed by atoms with Crippen molar-refractivity contribution in [3.8, 4) is 17.2 Å². The normalized spacial score (nSPS) is 31.8. The van der Waals surface area contributed by atoms with Gasteiger partial charge in [0.2, 0.25) is 10.0 Å². The summed E-state index contributed by atoms with van der Waals surface area (Å²) in [6, 6.07) is 11.0. The van der Waals surface area contributed by atoms with Crippen LogP contribution in [0.25, 0.3) is 0 Å². The summed E-state index contributed by atoms with van der Waals surface area (Å²) in [5.74, 6) is 1.82. The number of aromatic hydroxyl groups is 1. The zero-order valence-corrected chi connectivity index (χ0v) is 20.7. The minimum absolute atomic E-state index is 0.0301. The van der Waals surface area contributed by atoms with Gasteiger partial charge < -0.3 is 19.5 Å². The molecule has 2 fully saturated rings. The van der Waals surface area contributed by atoms with E-state index in [2.05, 4.69) is 11.9 Å². The first-order valence-electron chi connectivity index (χ1n) is 12.1. The van der Waals surface area contributed by atoms with Crippen molar-refractivity contribution >= 4 is 10.0 Å². The van der Waals surface area contributed by atoms with Crippen LogP contribution in [0.1, 0.15) is 36.0 Å². The Morgan fingerprint density at radius 2 is 2.03 bits per heavy atom. The number of hydrogen-bond donors (Lipinski definition) is 1. The summed E-state index contributed by atoms with van der Waals surface area (Å²) in [7, 11) is 1.91. The summed E-state index contributed by atoms with van der Waals surface area (Å²) in [5, 5.41) is 10.9. The maximum atomic E-state index is 13.5. The fourth-order valence-corrected chi connectivity index (χ4v) is 8.83. The molecule has 0 aromatic heterocycles. The molecule has 6 rings (SSSR count). The third-order valence-electron chi connectivity index (χ3n) is 8.97. The predicted octanol–water partition coefficient (Wildman–Crippen LogP) is 2.90. The number of hydrogen-bond acceptors (Lipinski definition) is 6. The molecule has 1 N–H and O–H groups in total. The van der Waals surface area contributed by atoms with Crippen LogP contribution in [0.4, 0.5) is 0 Å². The molecule has 7 nitrogen and oxygen atoms in total. The molecule has 182 valence electrons. The molecule has 4 aliphatic rings. The number of methoxy groups -OCH3 is 1. The SMILES string of the molecule is COc1cc(O)c2c3c1O[C@H]1[C@@H](N(C)S(=O)(=O)Cc4ccccc4)CC[C@H]4[C@@H](C2)N(C)CC[C@@]341. The number of piperidine rings is 1. The second kappa shape index (κ2) is 7.60. The summed E-state index contributed by atoms with van der Waals surface area (Å²) < 4.78 is 40.9. The van der Waals surface area contributed by atoms with Gasteiger partial charge in [0.1, 0.15) is 11.9 Å². The van der Waals surface area contributed by atoms with Crippen LogP contribution < -0.4 is 9.47 Å². The number of ether oxygens (including phenoxy) is 2. The van der Waals surface area contributed by atoms with Gasteiger partial charge in [0.25, 0.3) is 0 Å². The number of rotatable bonds is 5. The number of likely N-dealkylation sites (tertiary alicyclic amines) is 1. The van der Waals surface area contributed by atoms with E-state index in [9.17, 15) is 13.5 Å². The lowest BCUT2D eigenvalue weighted by Crippen LogP contribution is -2.68. The largest absolute Gasteiger partial charge is 0.508 e. The van der Waals surface area contributed by atoms with E-state index in [1.165, 1.54) is 0 Å². The summed E-state index contributed by atoms with van der Waals surface area (Å²) in [5.41, 5.74) is 2.48. The Morgan fingerprint density at radius 1 is 1.26 bits per heavy atom. The van der Waals surface area contributed by atoms with Crippen LogP contribution in [0.5, 0.6) is 17.2 Å². The average molecular weight is 485 g/mol. The third kappa shape index (κ3) is 2.91. The number of benzene rings is 2. The highest BCUT2D eigenvalue weighted by molar-refractivity contribution is 7.88. The quantitative estimate of drug-likeness (QED) is 0.703. The van der Waals surface area contributed by atoms with E-state index in [4.69, 9.17) is 9.47 Å². The Balaban J connectivity index is 1.44. The molecule has 0 unspecified atom stereocenters. The second-order valence-corrected chi connectivity index (χ2v) is 12.4. The first kappa shape index (κ1) is 22.2. The molecule has 2 aromatic rings. The second-order valence-electron chi connectivity index (χ2n) is 10.4. The smallest absolute Gasteiger partial charge is 0.218 e. The summed E-state index contributed by atoms with van der Waals surface area (Å²) in [6.07, 6.45) is 3.04. The van der Waals surface area contributed by atoms with Gasteiger partial charge in [-0.3, -0.25) is 0 Å². The lowest BCUT2D eigenvalue weighted by molar-refractivity contribution is -0.0676. The molecule has 2 aromatic carbocycles. The van der Waals surface area contributed by atoms with Gasteiger partial charge in [-0.25, -0.2) is 8.42 Å². The van der Waals surface area contributed by atoms with E-state index in [0.717, 1.165) is 48.9 Å². The summed E-state index contributed by atoms with van der Waals surface area (Å²) in [6.45, 7) is 0.922. The minimum Gasteiger partial charge on any atom is -0.508 e. The van der Waals surface area contributed by atoms with E-state index in [1.807, 2.05) is 30.3 Å². The highest BCUT2D eigenvalue weighted by Crippen LogP contribution is 2.65. The molecule has 1 spiro atoms. The van der Waals surface area contributed by atoms with Gasteiger partial charge in [-0.15, -0.1) is 0 Å². The molecule has 2 aliphatic carbocycles. The molecule has 5 atom stereocenters. The van der Waals surface area contributed by atoms with Gasteiger partial charge in [0.15, 0.2) is 11.5 Å². The standard InChI is InChI=1S/C26H32N2O5S/c1-27-12-11-26-18-9-10-19(28(2)34(30,31)15-16-7-5-4-6-8-16)25(26)33-24-22(32-3)14-21(29)17(23(24)26)13-20(18)27/h4-8,14,18-20,25,29H,9-13,15H2,1-3H3/t18-,19-,20+,25-,26-/m0/s1. The number of phenolic OH excluding ortho intramolecular Hbond substituents is 1. The Kier molecular flexibility index (Phi) is 4.96. The van der Waals surface area contributed by atoms with Gasteiger partial charge in [-0.05, 0) is 50.8 Å². The van der Waals surface area contributed by atoms with Crippen LogP contribution in [-0.2, 0) is 27.6 Å². The number of sulfonamides is 1. The topological polar surface area (TPSA) is 79.3 Å². The Morgan fingerprint density at radius 3 is 2.76 bits per heavy atom. The Hall–Kier alpha value is -2.29. The Labute approximate surface area is 201 Å². The molecular formula is C26H32N2O5S. The molecule has 2 bridgehead atoms. The molecule has 2 heterocycles. The van der Waals surface area contributed by atoms with Crippen LogP contribution in [0.2, 0.25) is 0 Å². The predicted molar refractivity (Wildman–Crippen MR) is 129 cm³/mol. The van der Waals surface area contributed by atoms with E-state index >= 15 is 0 Å². The monoisotopic (exact) mass is 484 g/mol. The van der Waals surface area contributed by atoms with Crippen LogP contribution in [0.15, 0.2) is 36.4 Å². The molecule has 34 heavy (non-hydrogen) atoms. The summed E-state index contributed by atoms with van der Waals surface area (Å²) >= 11 is 0. The van der Waals surface area contributed by atoms with E-state index in [0.29, 0.717) is 23.5 Å². The lowest BCUT2D eigenvalue weighted by atomic mass is 9.51. The van der Waals surface area contributed by atoms with Crippen LogP contribution >= 0.6 is 0 Å². The van der Waals surface area contributed by atoms with Crippen molar-refractivity contribution < 1.29 is 23.0 Å². The first-order chi connectivity index (χ1) is 16.3. The maximum absolute atomic E-state index is 13.5. The van der Waals surface area contributed by atoms with Crippen LogP contribution in [0, 0.1) is 5.92 Å². The van der Waals surface area contributed by atoms with E-state index in [1.54, 1.807) is 24.5 Å². The molecule has 1 saturated heterocycles. The minimum atomic E-state index is -3.55. The molecule has 2 aliphatic heterocycles. The molecule has 0 radical (unpaired) electrons. The number of likely N-dealkylation sites (N-methyl/N-ethyl adjacent to an activating group) is 2. The molecule has 8 heteroatoms. The van der Waals surface area contributed by atoms with Crippen molar-refractivity contribution in [1.29, 1.82) is 0 Å². The van der Waals surface area contributed by atoms with Crippen molar-refractivity contribution in [2.45, 2.75) is 55.0 Å². The maximum Gasteiger partial charge on any atom is 0.218 e. The van der Waals surface area contributed by atoms with Gasteiger partial charge >= 0.3 is 0 Å². The van der Waals surface area contributed by atoms with Gasteiger partial charge in [-0.1, -0.05) is 30.3 Å². The Bertz CT molecular complexity index is 1230. The van der Waals surface area contributed by atoms with E-state index in [-0.39, 0.29) is 29.1 Å². The summed E-state index contributed by atoms with van der Waals surface area (Å²) in [4.78, 5) is 2.41. The number of nitrogens with zero attached hydrogens (tertiary/aromatic N) is 2. The van der Waals surface area contributed by atoms with Gasteiger partial charge in [-0.2, -0.15) is 4.31 Å². The van der Waals surface area contributed by atoms with Crippen molar-refractivity contribution in [2.24, 2.45) is 5.92 Å². The van der Waals surface area contributed by atoms with Crippen molar-refractivity contribution in [1.82, 2.24) is 9.21 Å². The van der Waals surface area contributed by atoms with Crippen molar-refractivity contribution in [3.63, 3.8) is 0 Å². The number of phenols is 1.